The fraction of sp³-hybridized carbons (Fsp3) is 0.276. The molecule has 0 aliphatic carbocycles. The van der Waals surface area contributed by atoms with Crippen LogP contribution in [-0.4, -0.2) is 29.8 Å². The van der Waals surface area contributed by atoms with Gasteiger partial charge in [-0.3, -0.25) is 14.4 Å². The minimum atomic E-state index is -4.54. The predicted octanol–water partition coefficient (Wildman–Crippen LogP) is 5.90. The number of halogens is 3. The number of rotatable bonds is 12. The summed E-state index contributed by atoms with van der Waals surface area (Å²) in [4.78, 5) is 39.0. The number of nitrogens with two attached hydrogens (primary N) is 1. The van der Waals surface area contributed by atoms with E-state index in [4.69, 9.17) is 5.73 Å². The van der Waals surface area contributed by atoms with E-state index in [1.54, 1.807) is 50.3 Å². The van der Waals surface area contributed by atoms with Crippen molar-refractivity contribution < 1.29 is 27.6 Å². The standard InChI is InChI=1S/C29H32F3N5O3/c1-18-23(14-12-20-11-13-21(29(30,31)32)16-25(20)35-17-38)36-19(2)27(18)28(40)34-15-7-3-4-10-26(39)37-24-9-6-5-8-22(24)33/h5-6,8-9,11-14,16-17,36H,3-4,7,10,15,33H2,1-2H3,(H,34,40)(H,35,38)(H,37,39)/b14-12+. The first kappa shape index (κ1) is 30.0. The Labute approximate surface area is 230 Å². The highest BCUT2D eigenvalue weighted by Crippen LogP contribution is 2.33. The van der Waals surface area contributed by atoms with E-state index in [-0.39, 0.29) is 17.5 Å². The lowest BCUT2D eigenvalue weighted by atomic mass is 10.1. The fourth-order valence-electron chi connectivity index (χ4n) is 4.22. The van der Waals surface area contributed by atoms with E-state index >= 15 is 0 Å². The molecule has 3 amide bonds. The number of unbranched alkanes of at least 4 members (excludes halogenated alkanes) is 2. The number of nitrogen functional groups attached to an aromatic ring is 1. The highest BCUT2D eigenvalue weighted by Gasteiger charge is 2.31. The molecule has 8 nitrogen and oxygen atoms in total. The molecule has 40 heavy (non-hydrogen) atoms. The average Bonchev–Trinajstić information content (AvgIpc) is 3.18. The van der Waals surface area contributed by atoms with Gasteiger partial charge in [0.25, 0.3) is 5.91 Å². The molecule has 0 radical (unpaired) electrons. The molecule has 0 atom stereocenters. The van der Waals surface area contributed by atoms with Crippen LogP contribution < -0.4 is 21.7 Å². The number of benzene rings is 2. The molecule has 0 aliphatic rings. The summed E-state index contributed by atoms with van der Waals surface area (Å²) < 4.78 is 39.1. The SMILES string of the molecule is Cc1[nH]c(/C=C/c2ccc(C(F)(F)F)cc2NC=O)c(C)c1C(=O)NCCCCCC(=O)Nc1ccccc1N. The van der Waals surface area contributed by atoms with Gasteiger partial charge in [0.05, 0.1) is 22.5 Å². The first-order valence-electron chi connectivity index (χ1n) is 12.7. The maximum absolute atomic E-state index is 13.0. The summed E-state index contributed by atoms with van der Waals surface area (Å²) in [6.45, 7) is 3.97. The molecule has 0 aliphatic heterocycles. The van der Waals surface area contributed by atoms with Crippen LogP contribution in [0.3, 0.4) is 0 Å². The molecule has 3 rings (SSSR count). The summed E-state index contributed by atoms with van der Waals surface area (Å²) >= 11 is 0. The molecule has 3 aromatic rings. The zero-order valence-electron chi connectivity index (χ0n) is 22.2. The Balaban J connectivity index is 1.53. The molecule has 0 unspecified atom stereocenters. The van der Waals surface area contributed by atoms with Gasteiger partial charge in [-0.05, 0) is 68.2 Å². The number of aryl methyl sites for hydroxylation is 1. The summed E-state index contributed by atoms with van der Waals surface area (Å²) in [6.07, 6.45) is 1.44. The van der Waals surface area contributed by atoms with Crippen LogP contribution >= 0.6 is 0 Å². The smallest absolute Gasteiger partial charge is 0.397 e. The highest BCUT2D eigenvalue weighted by atomic mass is 19.4. The molecule has 0 spiro atoms. The molecule has 212 valence electrons. The van der Waals surface area contributed by atoms with Crippen LogP contribution in [0.2, 0.25) is 0 Å². The van der Waals surface area contributed by atoms with Gasteiger partial charge in [-0.25, -0.2) is 0 Å². The number of aromatic nitrogens is 1. The van der Waals surface area contributed by atoms with Crippen molar-refractivity contribution in [1.82, 2.24) is 10.3 Å². The largest absolute Gasteiger partial charge is 0.416 e. The zero-order chi connectivity index (χ0) is 29.3. The number of hydrogen-bond acceptors (Lipinski definition) is 4. The number of anilines is 3. The number of aromatic amines is 1. The average molecular weight is 556 g/mol. The lowest BCUT2D eigenvalue weighted by molar-refractivity contribution is -0.137. The third-order valence-electron chi connectivity index (χ3n) is 6.33. The van der Waals surface area contributed by atoms with Crippen molar-refractivity contribution in [2.45, 2.75) is 45.7 Å². The number of H-pyrrole nitrogens is 1. The number of carbonyl (C=O) groups excluding carboxylic acids is 3. The Morgan fingerprint density at radius 2 is 1.75 bits per heavy atom. The number of amides is 3. The molecule has 0 bridgehead atoms. The minimum absolute atomic E-state index is 0.0154. The Bertz CT molecular complexity index is 1400. The van der Waals surface area contributed by atoms with E-state index in [1.165, 1.54) is 6.07 Å². The topological polar surface area (TPSA) is 129 Å². The van der Waals surface area contributed by atoms with Crippen molar-refractivity contribution in [3.8, 4) is 0 Å². The second-order valence-electron chi connectivity index (χ2n) is 9.26. The number of para-hydroxylation sites is 2. The lowest BCUT2D eigenvalue weighted by Gasteiger charge is -2.10. The maximum atomic E-state index is 13.0. The molecule has 0 saturated carbocycles. The van der Waals surface area contributed by atoms with E-state index in [2.05, 4.69) is 20.9 Å². The summed E-state index contributed by atoms with van der Waals surface area (Å²) in [5.74, 6) is -0.368. The van der Waals surface area contributed by atoms with Gasteiger partial charge in [0.1, 0.15) is 0 Å². The van der Waals surface area contributed by atoms with Crippen LogP contribution in [0.1, 0.15) is 64.1 Å². The quantitative estimate of drug-likeness (QED) is 0.108. The van der Waals surface area contributed by atoms with Crippen molar-refractivity contribution in [3.63, 3.8) is 0 Å². The van der Waals surface area contributed by atoms with Gasteiger partial charge >= 0.3 is 6.18 Å². The Morgan fingerprint density at radius 1 is 1.00 bits per heavy atom. The van der Waals surface area contributed by atoms with Crippen LogP contribution in [0, 0.1) is 13.8 Å². The van der Waals surface area contributed by atoms with Crippen molar-refractivity contribution in [2.75, 3.05) is 22.9 Å². The summed E-state index contributed by atoms with van der Waals surface area (Å²) in [5, 5.41) is 7.98. The highest BCUT2D eigenvalue weighted by molar-refractivity contribution is 5.98. The second kappa shape index (κ2) is 13.5. The van der Waals surface area contributed by atoms with Gasteiger partial charge in [-0.2, -0.15) is 13.2 Å². The van der Waals surface area contributed by atoms with Crippen molar-refractivity contribution in [1.29, 1.82) is 0 Å². The van der Waals surface area contributed by atoms with Crippen LogP contribution in [0.15, 0.2) is 42.5 Å². The maximum Gasteiger partial charge on any atom is 0.416 e. The summed E-state index contributed by atoms with van der Waals surface area (Å²) in [7, 11) is 0. The molecular formula is C29H32F3N5O3. The van der Waals surface area contributed by atoms with Gasteiger partial charge in [-0.15, -0.1) is 0 Å². The van der Waals surface area contributed by atoms with E-state index in [0.29, 0.717) is 71.7 Å². The molecule has 11 heteroatoms. The Kier molecular flexibility index (Phi) is 10.1. The summed E-state index contributed by atoms with van der Waals surface area (Å²) in [5.41, 5.74) is 8.86. The first-order chi connectivity index (χ1) is 19.0. The lowest BCUT2D eigenvalue weighted by Crippen LogP contribution is -2.25. The molecule has 2 aromatic carbocycles. The normalized spacial score (nSPS) is 11.4. The monoisotopic (exact) mass is 555 g/mol. The van der Waals surface area contributed by atoms with Crippen LogP contribution in [0.5, 0.6) is 0 Å². The van der Waals surface area contributed by atoms with Crippen LogP contribution in [0.4, 0.5) is 30.2 Å². The van der Waals surface area contributed by atoms with Crippen molar-refractivity contribution >= 4 is 47.4 Å². The molecule has 1 heterocycles. The number of nitrogens with one attached hydrogen (secondary N) is 4. The second-order valence-corrected chi connectivity index (χ2v) is 9.26. The van der Waals surface area contributed by atoms with Gasteiger partial charge in [-0.1, -0.05) is 30.7 Å². The van der Waals surface area contributed by atoms with Gasteiger partial charge in [0.15, 0.2) is 0 Å². The molecule has 6 N–H and O–H groups in total. The third-order valence-corrected chi connectivity index (χ3v) is 6.33. The zero-order valence-corrected chi connectivity index (χ0v) is 22.2. The predicted molar refractivity (Wildman–Crippen MR) is 151 cm³/mol. The third kappa shape index (κ3) is 7.98. The van der Waals surface area contributed by atoms with Crippen LogP contribution in [-0.2, 0) is 15.8 Å². The van der Waals surface area contributed by atoms with Crippen LogP contribution in [0.25, 0.3) is 12.2 Å². The number of hydrogen-bond donors (Lipinski definition) is 5. The Hall–Kier alpha value is -4.54. The minimum Gasteiger partial charge on any atom is -0.397 e. The number of alkyl halides is 3. The number of carbonyl (C=O) groups is 3. The molecule has 0 fully saturated rings. The van der Waals surface area contributed by atoms with E-state index in [9.17, 15) is 27.6 Å². The molecule has 1 aromatic heterocycles. The van der Waals surface area contributed by atoms with Gasteiger partial charge in [0.2, 0.25) is 12.3 Å². The van der Waals surface area contributed by atoms with Crippen molar-refractivity contribution in [3.05, 3.63) is 76.1 Å². The fourth-order valence-corrected chi connectivity index (χ4v) is 4.22. The van der Waals surface area contributed by atoms with E-state index in [1.807, 2.05) is 0 Å². The first-order valence-corrected chi connectivity index (χ1v) is 12.7. The molecule has 0 saturated heterocycles. The van der Waals surface area contributed by atoms with Gasteiger partial charge in [0, 0.05) is 30.0 Å². The van der Waals surface area contributed by atoms with E-state index in [0.717, 1.165) is 18.6 Å². The van der Waals surface area contributed by atoms with E-state index < -0.39 is 11.7 Å². The summed E-state index contributed by atoms with van der Waals surface area (Å²) in [6, 6.07) is 10.1. The van der Waals surface area contributed by atoms with Crippen molar-refractivity contribution in [2.24, 2.45) is 0 Å². The Morgan fingerprint density at radius 3 is 2.45 bits per heavy atom. The van der Waals surface area contributed by atoms with Gasteiger partial charge < -0.3 is 26.7 Å². The molecular weight excluding hydrogens is 523 g/mol.